The van der Waals surface area contributed by atoms with Gasteiger partial charge in [0, 0.05) is 50.2 Å². The van der Waals surface area contributed by atoms with Crippen LogP contribution >= 0.6 is 0 Å². The average Bonchev–Trinajstić information content (AvgIpc) is 3.53. The van der Waals surface area contributed by atoms with Crippen LogP contribution in [0.25, 0.3) is 11.3 Å². The van der Waals surface area contributed by atoms with E-state index >= 15 is 0 Å². The van der Waals surface area contributed by atoms with Crippen molar-refractivity contribution < 1.29 is 9.59 Å². The van der Waals surface area contributed by atoms with Crippen molar-refractivity contribution in [1.29, 1.82) is 0 Å². The van der Waals surface area contributed by atoms with E-state index in [1.165, 1.54) is 19.3 Å². The van der Waals surface area contributed by atoms with Crippen LogP contribution in [0.3, 0.4) is 0 Å². The van der Waals surface area contributed by atoms with Crippen molar-refractivity contribution in [2.75, 3.05) is 55.2 Å². The monoisotopic (exact) mass is 542 g/mol. The molecule has 10 heteroatoms. The number of hydrogen-bond donors (Lipinski definition) is 4. The molecule has 2 saturated heterocycles. The molecule has 2 aliphatic heterocycles. The molecule has 0 aliphatic carbocycles. The number of nitrogen functional groups attached to an aromatic ring is 1. The Balaban J connectivity index is 1.21. The molecule has 5 rings (SSSR count). The molecule has 0 unspecified atom stereocenters. The highest BCUT2D eigenvalue weighted by Gasteiger charge is 2.22. The smallest absolute Gasteiger partial charge is 0.319 e. The van der Waals surface area contributed by atoms with Gasteiger partial charge < -0.3 is 31.5 Å². The van der Waals surface area contributed by atoms with Gasteiger partial charge in [-0.05, 0) is 74.7 Å². The summed E-state index contributed by atoms with van der Waals surface area (Å²) in [6.07, 6.45) is 7.62. The minimum absolute atomic E-state index is 0.0710. The molecule has 0 spiro atoms. The quantitative estimate of drug-likeness (QED) is 0.323. The Bertz CT molecular complexity index is 1280. The predicted molar refractivity (Wildman–Crippen MR) is 158 cm³/mol. The van der Waals surface area contributed by atoms with Crippen LogP contribution in [-0.2, 0) is 6.54 Å². The van der Waals surface area contributed by atoms with Crippen molar-refractivity contribution in [2.24, 2.45) is 0 Å². The molecule has 10 nitrogen and oxygen atoms in total. The van der Waals surface area contributed by atoms with Gasteiger partial charge in [-0.3, -0.25) is 4.79 Å². The Kier molecular flexibility index (Phi) is 9.07. The summed E-state index contributed by atoms with van der Waals surface area (Å²) in [6.45, 7) is 5.89. The Hall–Kier alpha value is -4.18. The highest BCUT2D eigenvalue weighted by atomic mass is 16.2. The number of urea groups is 1. The highest BCUT2D eigenvalue weighted by Crippen LogP contribution is 2.28. The SMILES string of the molecule is Nc1ccc(CNC(=O)Nc2ccc(-c3ccc(C(=O)NCCN4CCCCC4)c(N4CCCC4)n3)cc2)cn1. The van der Waals surface area contributed by atoms with E-state index in [-0.39, 0.29) is 11.9 Å². The molecule has 2 aliphatic rings. The van der Waals surface area contributed by atoms with Gasteiger partial charge in [0.15, 0.2) is 0 Å². The lowest BCUT2D eigenvalue weighted by molar-refractivity contribution is 0.0946. The number of aromatic nitrogens is 2. The minimum atomic E-state index is -0.310. The average molecular weight is 543 g/mol. The van der Waals surface area contributed by atoms with Crippen LogP contribution in [0, 0.1) is 0 Å². The van der Waals surface area contributed by atoms with Gasteiger partial charge in [0.25, 0.3) is 5.91 Å². The first-order chi connectivity index (χ1) is 19.5. The van der Waals surface area contributed by atoms with Crippen molar-refractivity contribution in [3.63, 3.8) is 0 Å². The number of carbonyl (C=O) groups is 2. The van der Waals surface area contributed by atoms with E-state index in [2.05, 4.69) is 30.7 Å². The van der Waals surface area contributed by atoms with Gasteiger partial charge in [0.1, 0.15) is 11.6 Å². The summed E-state index contributed by atoms with van der Waals surface area (Å²) in [6, 6.07) is 14.5. The summed E-state index contributed by atoms with van der Waals surface area (Å²) in [7, 11) is 0. The third-order valence-corrected chi connectivity index (χ3v) is 7.43. The second-order valence-corrected chi connectivity index (χ2v) is 10.4. The molecule has 210 valence electrons. The summed E-state index contributed by atoms with van der Waals surface area (Å²) in [5, 5.41) is 8.77. The van der Waals surface area contributed by atoms with Crippen LogP contribution in [0.4, 0.5) is 22.1 Å². The lowest BCUT2D eigenvalue weighted by Gasteiger charge is -2.26. The number of hydrogen-bond acceptors (Lipinski definition) is 7. The fourth-order valence-corrected chi connectivity index (χ4v) is 5.18. The first-order valence-electron chi connectivity index (χ1n) is 14.2. The largest absolute Gasteiger partial charge is 0.384 e. The molecule has 0 atom stereocenters. The number of likely N-dealkylation sites (tertiary alicyclic amines) is 1. The summed E-state index contributed by atoms with van der Waals surface area (Å²) in [4.78, 5) is 39.1. The summed E-state index contributed by atoms with van der Waals surface area (Å²) in [5.41, 5.74) is 9.46. The minimum Gasteiger partial charge on any atom is -0.384 e. The third kappa shape index (κ3) is 7.26. The number of benzene rings is 1. The molecule has 3 amide bonds. The molecule has 1 aromatic carbocycles. The van der Waals surface area contributed by atoms with Crippen molar-refractivity contribution >= 4 is 29.3 Å². The van der Waals surface area contributed by atoms with Gasteiger partial charge in [-0.2, -0.15) is 0 Å². The molecule has 40 heavy (non-hydrogen) atoms. The molecule has 0 saturated carbocycles. The fourth-order valence-electron chi connectivity index (χ4n) is 5.18. The van der Waals surface area contributed by atoms with Crippen molar-refractivity contribution in [2.45, 2.75) is 38.6 Å². The number of nitrogens with zero attached hydrogens (tertiary/aromatic N) is 4. The number of nitrogens with one attached hydrogen (secondary N) is 3. The Morgan fingerprint density at radius 1 is 0.850 bits per heavy atom. The molecular weight excluding hydrogens is 504 g/mol. The standard InChI is InChI=1S/C30H38N8O2/c31-27-13-6-22(20-33-27)21-34-30(40)35-24-9-7-23(8-10-24)26-12-11-25(28(36-26)38-17-4-5-18-38)29(39)32-14-19-37-15-2-1-3-16-37/h6-13,20H,1-5,14-19,21H2,(H2,31,33)(H,32,39)(H2,34,35,40). The first kappa shape index (κ1) is 27.4. The topological polar surface area (TPSA) is 129 Å². The third-order valence-electron chi connectivity index (χ3n) is 7.43. The molecule has 5 N–H and O–H groups in total. The number of amides is 3. The summed E-state index contributed by atoms with van der Waals surface area (Å²) in [5.74, 6) is 1.11. The lowest BCUT2D eigenvalue weighted by Crippen LogP contribution is -2.38. The summed E-state index contributed by atoms with van der Waals surface area (Å²) < 4.78 is 0. The van der Waals surface area contributed by atoms with E-state index in [1.54, 1.807) is 12.3 Å². The Morgan fingerprint density at radius 2 is 1.60 bits per heavy atom. The van der Waals surface area contributed by atoms with E-state index in [0.717, 1.165) is 68.2 Å². The molecule has 0 radical (unpaired) electrons. The first-order valence-corrected chi connectivity index (χ1v) is 14.2. The lowest BCUT2D eigenvalue weighted by atomic mass is 10.1. The van der Waals surface area contributed by atoms with Crippen molar-refractivity contribution in [1.82, 2.24) is 25.5 Å². The normalized spacial score (nSPS) is 15.6. The van der Waals surface area contributed by atoms with Gasteiger partial charge in [0.2, 0.25) is 0 Å². The van der Waals surface area contributed by atoms with Crippen LogP contribution in [0.5, 0.6) is 0 Å². The summed E-state index contributed by atoms with van der Waals surface area (Å²) >= 11 is 0. The molecule has 2 aromatic heterocycles. The zero-order valence-corrected chi connectivity index (χ0v) is 22.9. The molecular formula is C30H38N8O2. The van der Waals surface area contributed by atoms with E-state index in [1.807, 2.05) is 42.5 Å². The number of rotatable bonds is 9. The van der Waals surface area contributed by atoms with Crippen LogP contribution in [-0.4, -0.2) is 66.1 Å². The van der Waals surface area contributed by atoms with Gasteiger partial charge in [0.05, 0.1) is 11.3 Å². The second kappa shape index (κ2) is 13.3. The van der Waals surface area contributed by atoms with E-state index < -0.39 is 0 Å². The Morgan fingerprint density at radius 3 is 2.33 bits per heavy atom. The number of anilines is 3. The molecule has 2 fully saturated rings. The maximum Gasteiger partial charge on any atom is 0.319 e. The number of piperidine rings is 1. The Labute approximate surface area is 235 Å². The predicted octanol–water partition coefficient (Wildman–Crippen LogP) is 3.86. The van der Waals surface area contributed by atoms with Crippen LogP contribution in [0.15, 0.2) is 54.7 Å². The van der Waals surface area contributed by atoms with Crippen LogP contribution in [0.2, 0.25) is 0 Å². The second-order valence-electron chi connectivity index (χ2n) is 10.4. The number of nitrogens with two attached hydrogens (primary N) is 1. The zero-order valence-electron chi connectivity index (χ0n) is 22.9. The van der Waals surface area contributed by atoms with Crippen LogP contribution in [0.1, 0.15) is 48.0 Å². The van der Waals surface area contributed by atoms with E-state index in [9.17, 15) is 9.59 Å². The van der Waals surface area contributed by atoms with E-state index in [0.29, 0.717) is 30.2 Å². The van der Waals surface area contributed by atoms with Gasteiger partial charge in [-0.1, -0.05) is 24.6 Å². The van der Waals surface area contributed by atoms with E-state index in [4.69, 9.17) is 10.7 Å². The van der Waals surface area contributed by atoms with Gasteiger partial charge in [-0.15, -0.1) is 0 Å². The van der Waals surface area contributed by atoms with Gasteiger partial charge in [-0.25, -0.2) is 14.8 Å². The maximum absolute atomic E-state index is 13.2. The number of pyridine rings is 2. The van der Waals surface area contributed by atoms with Crippen molar-refractivity contribution in [3.8, 4) is 11.3 Å². The molecule has 3 aromatic rings. The van der Waals surface area contributed by atoms with Crippen molar-refractivity contribution in [3.05, 3.63) is 65.9 Å². The maximum atomic E-state index is 13.2. The van der Waals surface area contributed by atoms with Crippen LogP contribution < -0.4 is 26.6 Å². The number of carbonyl (C=O) groups excluding carboxylic acids is 2. The molecule has 4 heterocycles. The highest BCUT2D eigenvalue weighted by molar-refractivity contribution is 5.99. The van der Waals surface area contributed by atoms with Gasteiger partial charge >= 0.3 is 6.03 Å². The molecule has 0 bridgehead atoms. The zero-order chi connectivity index (χ0) is 27.7. The fraction of sp³-hybridized carbons (Fsp3) is 0.400.